The number of aromatic nitrogens is 4. The third kappa shape index (κ3) is 4.73. The Bertz CT molecular complexity index is 1230. The first-order chi connectivity index (χ1) is 14.9. The summed E-state index contributed by atoms with van der Waals surface area (Å²) in [6.45, 7) is 1.83. The van der Waals surface area contributed by atoms with Gasteiger partial charge in [-0.1, -0.05) is 41.4 Å². The highest BCUT2D eigenvalue weighted by atomic mass is 35.5. The Morgan fingerprint density at radius 3 is 2.52 bits per heavy atom. The topological polar surface area (TPSA) is 72.7 Å². The highest BCUT2D eigenvalue weighted by Crippen LogP contribution is 2.32. The van der Waals surface area contributed by atoms with Gasteiger partial charge < -0.3 is 5.32 Å². The van der Waals surface area contributed by atoms with Gasteiger partial charge in [0.2, 0.25) is 0 Å². The van der Waals surface area contributed by atoms with E-state index in [9.17, 15) is 9.18 Å². The summed E-state index contributed by atoms with van der Waals surface area (Å²) < 4.78 is 14.6. The Kier molecular flexibility index (Phi) is 5.97. The zero-order chi connectivity index (χ0) is 22.0. The van der Waals surface area contributed by atoms with Crippen LogP contribution in [0.1, 0.15) is 28.9 Å². The van der Waals surface area contributed by atoms with E-state index >= 15 is 0 Å². The van der Waals surface area contributed by atoms with Crippen LogP contribution in [-0.2, 0) is 0 Å². The van der Waals surface area contributed by atoms with Crippen LogP contribution in [0.2, 0.25) is 10.0 Å². The Hall–Kier alpha value is -3.29. The van der Waals surface area contributed by atoms with Gasteiger partial charge in [-0.05, 0) is 70.9 Å². The number of benzene rings is 3. The number of hydrogen-bond acceptors (Lipinski definition) is 4. The zero-order valence-corrected chi connectivity index (χ0v) is 17.8. The van der Waals surface area contributed by atoms with Crippen molar-refractivity contribution < 1.29 is 9.18 Å². The number of tetrazole rings is 1. The maximum absolute atomic E-state index is 13.2. The molecule has 6 nitrogen and oxygen atoms in total. The van der Waals surface area contributed by atoms with Gasteiger partial charge in [0.05, 0.1) is 11.7 Å². The standard InChI is InChI=1S/C22H16Cl2FN5O/c1-13(14-2-5-18(25)6-3-14)27-22(31)16-8-15(20-7-4-17(23)11-21(20)24)9-19(10-16)30-12-26-28-29-30/h2-13H,1H3,(H,27,31)/t13-/m1/s1. The van der Waals surface area contributed by atoms with Gasteiger partial charge in [-0.15, -0.1) is 5.10 Å². The molecule has 9 heteroatoms. The molecule has 4 aromatic rings. The lowest BCUT2D eigenvalue weighted by Crippen LogP contribution is -2.26. The molecule has 156 valence electrons. The maximum Gasteiger partial charge on any atom is 0.251 e. The highest BCUT2D eigenvalue weighted by Gasteiger charge is 2.16. The molecule has 1 N–H and O–H groups in total. The number of nitrogens with one attached hydrogen (secondary N) is 1. The largest absolute Gasteiger partial charge is 0.346 e. The minimum absolute atomic E-state index is 0.307. The predicted octanol–water partition coefficient (Wildman–Crippen LogP) is 5.27. The molecule has 4 rings (SSSR count). The molecule has 0 fully saturated rings. The van der Waals surface area contributed by atoms with Gasteiger partial charge in [0.1, 0.15) is 12.1 Å². The van der Waals surface area contributed by atoms with Crippen LogP contribution in [0, 0.1) is 5.82 Å². The molecule has 0 spiro atoms. The molecule has 0 bridgehead atoms. The van der Waals surface area contributed by atoms with Crippen LogP contribution in [0.3, 0.4) is 0 Å². The van der Waals surface area contributed by atoms with Gasteiger partial charge in [-0.25, -0.2) is 9.07 Å². The fourth-order valence-electron chi connectivity index (χ4n) is 3.15. The van der Waals surface area contributed by atoms with Crippen LogP contribution in [-0.4, -0.2) is 26.1 Å². The van der Waals surface area contributed by atoms with Crippen molar-refractivity contribution in [3.05, 3.63) is 94.0 Å². The molecule has 31 heavy (non-hydrogen) atoms. The Morgan fingerprint density at radius 2 is 1.84 bits per heavy atom. The Morgan fingerprint density at radius 1 is 1.06 bits per heavy atom. The van der Waals surface area contributed by atoms with Gasteiger partial charge >= 0.3 is 0 Å². The lowest BCUT2D eigenvalue weighted by molar-refractivity contribution is 0.0940. The number of rotatable bonds is 5. The summed E-state index contributed by atoms with van der Waals surface area (Å²) in [4.78, 5) is 13.0. The second-order valence-electron chi connectivity index (χ2n) is 6.89. The minimum atomic E-state index is -0.332. The SMILES string of the molecule is C[C@@H](NC(=O)c1cc(-c2ccc(Cl)cc2Cl)cc(-n2cnnn2)c1)c1ccc(F)cc1. The molecular weight excluding hydrogens is 440 g/mol. The van der Waals surface area contributed by atoms with E-state index < -0.39 is 0 Å². The first-order valence-electron chi connectivity index (χ1n) is 9.31. The molecule has 0 radical (unpaired) electrons. The van der Waals surface area contributed by atoms with Crippen molar-refractivity contribution >= 4 is 29.1 Å². The third-order valence-corrected chi connectivity index (χ3v) is 5.30. The summed E-state index contributed by atoms with van der Waals surface area (Å²) in [6.07, 6.45) is 1.44. The van der Waals surface area contributed by atoms with Crippen molar-refractivity contribution in [1.82, 2.24) is 25.5 Å². The summed E-state index contributed by atoms with van der Waals surface area (Å²) in [6, 6.07) is 16.0. The second-order valence-corrected chi connectivity index (χ2v) is 7.74. The van der Waals surface area contributed by atoms with Gasteiger partial charge in [-0.2, -0.15) is 0 Å². The normalized spacial score (nSPS) is 11.9. The molecule has 1 aromatic heterocycles. The summed E-state index contributed by atoms with van der Waals surface area (Å²) in [5.74, 6) is -0.640. The van der Waals surface area contributed by atoms with E-state index in [2.05, 4.69) is 20.8 Å². The van der Waals surface area contributed by atoms with E-state index in [-0.39, 0.29) is 17.8 Å². The first kappa shape index (κ1) is 21.0. The quantitative estimate of drug-likeness (QED) is 0.444. The zero-order valence-electron chi connectivity index (χ0n) is 16.3. The van der Waals surface area contributed by atoms with Crippen LogP contribution in [0.4, 0.5) is 4.39 Å². The second kappa shape index (κ2) is 8.83. The molecule has 1 atom stereocenters. The van der Waals surface area contributed by atoms with Crippen LogP contribution >= 0.6 is 23.2 Å². The molecule has 1 heterocycles. The Balaban J connectivity index is 1.71. The molecule has 3 aromatic carbocycles. The van der Waals surface area contributed by atoms with Crippen molar-refractivity contribution in [3.63, 3.8) is 0 Å². The molecular formula is C22H16Cl2FN5O. The molecule has 0 aliphatic carbocycles. The summed E-state index contributed by atoms with van der Waals surface area (Å²) in [5, 5.41) is 15.1. The fourth-order valence-corrected chi connectivity index (χ4v) is 3.67. The van der Waals surface area contributed by atoms with E-state index in [0.717, 1.165) is 5.56 Å². The molecule has 0 aliphatic heterocycles. The lowest BCUT2D eigenvalue weighted by Gasteiger charge is -2.16. The van der Waals surface area contributed by atoms with Gasteiger partial charge in [0.25, 0.3) is 5.91 Å². The van der Waals surface area contributed by atoms with E-state index in [1.807, 2.05) is 13.0 Å². The number of nitrogens with zero attached hydrogens (tertiary/aromatic N) is 4. The van der Waals surface area contributed by atoms with Gasteiger partial charge in [-0.3, -0.25) is 4.79 Å². The number of carbonyl (C=O) groups is 1. The number of halogens is 3. The van der Waals surface area contributed by atoms with Crippen molar-refractivity contribution in [2.24, 2.45) is 0 Å². The van der Waals surface area contributed by atoms with E-state index in [0.29, 0.717) is 32.4 Å². The lowest BCUT2D eigenvalue weighted by atomic mass is 10.0. The van der Waals surface area contributed by atoms with Crippen molar-refractivity contribution in [1.29, 1.82) is 0 Å². The maximum atomic E-state index is 13.2. The average Bonchev–Trinajstić information content (AvgIpc) is 3.29. The molecule has 0 aliphatic rings. The van der Waals surface area contributed by atoms with Crippen molar-refractivity contribution in [2.45, 2.75) is 13.0 Å². The summed E-state index contributed by atoms with van der Waals surface area (Å²) >= 11 is 12.4. The van der Waals surface area contributed by atoms with Crippen molar-refractivity contribution in [3.8, 4) is 16.8 Å². The average molecular weight is 456 g/mol. The number of hydrogen-bond donors (Lipinski definition) is 1. The first-order valence-corrected chi connectivity index (χ1v) is 10.1. The fraction of sp³-hybridized carbons (Fsp3) is 0.0909. The molecule has 0 unspecified atom stereocenters. The molecule has 0 saturated carbocycles. The molecule has 0 saturated heterocycles. The van der Waals surface area contributed by atoms with Gasteiger partial charge in [0.15, 0.2) is 0 Å². The van der Waals surface area contributed by atoms with E-state index in [1.165, 1.54) is 23.1 Å². The summed E-state index contributed by atoms with van der Waals surface area (Å²) in [5.41, 5.74) is 3.18. The minimum Gasteiger partial charge on any atom is -0.346 e. The van der Waals surface area contributed by atoms with Crippen LogP contribution in [0.5, 0.6) is 0 Å². The third-order valence-electron chi connectivity index (χ3n) is 4.75. The van der Waals surface area contributed by atoms with Crippen LogP contribution in [0.15, 0.2) is 67.0 Å². The smallest absolute Gasteiger partial charge is 0.251 e. The van der Waals surface area contributed by atoms with Gasteiger partial charge in [0, 0.05) is 21.2 Å². The predicted molar refractivity (Wildman–Crippen MR) is 117 cm³/mol. The van der Waals surface area contributed by atoms with E-state index in [1.54, 1.807) is 42.5 Å². The molecule has 1 amide bonds. The van der Waals surface area contributed by atoms with Crippen LogP contribution in [0.25, 0.3) is 16.8 Å². The highest BCUT2D eigenvalue weighted by molar-refractivity contribution is 6.36. The number of amides is 1. The van der Waals surface area contributed by atoms with E-state index in [4.69, 9.17) is 23.2 Å². The van der Waals surface area contributed by atoms with Crippen LogP contribution < -0.4 is 5.32 Å². The number of carbonyl (C=O) groups excluding carboxylic acids is 1. The Labute approximate surface area is 187 Å². The van der Waals surface area contributed by atoms with Crippen molar-refractivity contribution in [2.75, 3.05) is 0 Å². The monoisotopic (exact) mass is 455 g/mol. The summed E-state index contributed by atoms with van der Waals surface area (Å²) in [7, 11) is 0.